The second-order valence-corrected chi connectivity index (χ2v) is 7.35. The average Bonchev–Trinajstić information content (AvgIpc) is 3.20. The fraction of sp³-hybridized carbons (Fsp3) is 0.545. The zero-order valence-corrected chi connectivity index (χ0v) is 20.4. The highest BCUT2D eigenvalue weighted by Gasteiger charge is 2.16. The maximum Gasteiger partial charge on any atom is 0.191 e. The number of nitrogens with one attached hydrogen (secondary N) is 2. The molecule has 7 nitrogen and oxygen atoms in total. The molecule has 0 bridgehead atoms. The van der Waals surface area contributed by atoms with E-state index in [9.17, 15) is 0 Å². The van der Waals surface area contributed by atoms with Crippen molar-refractivity contribution >= 4 is 29.9 Å². The monoisotopic (exact) mass is 526 g/mol. The first-order valence-electron chi connectivity index (χ1n) is 10.6. The summed E-state index contributed by atoms with van der Waals surface area (Å²) in [4.78, 5) is 11.8. The molecule has 0 radical (unpaired) electrons. The van der Waals surface area contributed by atoms with E-state index in [2.05, 4.69) is 63.2 Å². The molecule has 1 fully saturated rings. The largest absolute Gasteiger partial charge is 0.379 e. The van der Waals surface area contributed by atoms with Crippen LogP contribution >= 0.6 is 24.0 Å². The van der Waals surface area contributed by atoms with Crippen molar-refractivity contribution in [2.24, 2.45) is 4.99 Å². The molecule has 1 aromatic heterocycles. The van der Waals surface area contributed by atoms with Gasteiger partial charge in [0, 0.05) is 57.6 Å². The van der Waals surface area contributed by atoms with Gasteiger partial charge in [-0.15, -0.1) is 24.0 Å². The number of rotatable bonds is 9. The van der Waals surface area contributed by atoms with Gasteiger partial charge < -0.3 is 19.9 Å². The van der Waals surface area contributed by atoms with Gasteiger partial charge in [0.15, 0.2) is 5.96 Å². The molecule has 166 valence electrons. The Morgan fingerprint density at radius 1 is 1.20 bits per heavy atom. The molecule has 1 aromatic carbocycles. The summed E-state index contributed by atoms with van der Waals surface area (Å²) in [6.07, 6.45) is 4.77. The second-order valence-electron chi connectivity index (χ2n) is 7.35. The molecule has 0 spiro atoms. The maximum atomic E-state index is 5.44. The number of halogens is 1. The van der Waals surface area contributed by atoms with Crippen LogP contribution in [0.5, 0.6) is 0 Å². The summed E-state index contributed by atoms with van der Waals surface area (Å²) in [5.74, 6) is 1.95. The summed E-state index contributed by atoms with van der Waals surface area (Å²) in [5.41, 5.74) is 1.28. The SMILES string of the molecule is CCNC(=NCC(C)N1CCOCC1)NCCc1nccn1Cc1ccccc1.I. The normalized spacial score (nSPS) is 16.0. The van der Waals surface area contributed by atoms with Crippen molar-refractivity contribution in [2.45, 2.75) is 32.9 Å². The molecule has 0 saturated carbocycles. The molecule has 1 aliphatic rings. The van der Waals surface area contributed by atoms with Crippen LogP contribution in [0.2, 0.25) is 0 Å². The smallest absolute Gasteiger partial charge is 0.191 e. The van der Waals surface area contributed by atoms with E-state index in [1.807, 2.05) is 18.5 Å². The van der Waals surface area contributed by atoms with E-state index in [0.29, 0.717) is 6.04 Å². The van der Waals surface area contributed by atoms with Crippen LogP contribution in [0, 0.1) is 0 Å². The summed E-state index contributed by atoms with van der Waals surface area (Å²) in [6.45, 7) is 11.2. The van der Waals surface area contributed by atoms with Crippen LogP contribution in [-0.4, -0.2) is 72.4 Å². The summed E-state index contributed by atoms with van der Waals surface area (Å²) >= 11 is 0. The number of imidazole rings is 1. The predicted octanol–water partition coefficient (Wildman–Crippen LogP) is 2.37. The maximum absolute atomic E-state index is 5.44. The van der Waals surface area contributed by atoms with Crippen molar-refractivity contribution in [1.29, 1.82) is 0 Å². The van der Waals surface area contributed by atoms with Gasteiger partial charge in [-0.3, -0.25) is 9.89 Å². The number of guanidine groups is 1. The van der Waals surface area contributed by atoms with Crippen LogP contribution in [0.25, 0.3) is 0 Å². The predicted molar refractivity (Wildman–Crippen MR) is 133 cm³/mol. The lowest BCUT2D eigenvalue weighted by Crippen LogP contribution is -2.44. The van der Waals surface area contributed by atoms with E-state index < -0.39 is 0 Å². The Hall–Kier alpha value is -1.65. The van der Waals surface area contributed by atoms with Gasteiger partial charge in [-0.2, -0.15) is 0 Å². The first-order valence-corrected chi connectivity index (χ1v) is 10.6. The lowest BCUT2D eigenvalue weighted by Gasteiger charge is -2.31. The van der Waals surface area contributed by atoms with Gasteiger partial charge in [0.05, 0.1) is 19.8 Å². The number of hydrogen-bond acceptors (Lipinski definition) is 4. The van der Waals surface area contributed by atoms with Gasteiger partial charge in [-0.25, -0.2) is 4.98 Å². The molecule has 30 heavy (non-hydrogen) atoms. The number of ether oxygens (including phenoxy) is 1. The van der Waals surface area contributed by atoms with Gasteiger partial charge >= 0.3 is 0 Å². The Balaban J connectivity index is 0.00000320. The van der Waals surface area contributed by atoms with Crippen molar-refractivity contribution in [3.05, 3.63) is 54.1 Å². The average molecular weight is 526 g/mol. The van der Waals surface area contributed by atoms with E-state index in [1.165, 1.54) is 5.56 Å². The summed E-state index contributed by atoms with van der Waals surface area (Å²) in [7, 11) is 0. The highest BCUT2D eigenvalue weighted by atomic mass is 127. The van der Waals surface area contributed by atoms with Crippen molar-refractivity contribution in [3.8, 4) is 0 Å². The van der Waals surface area contributed by atoms with Gasteiger partial charge in [0.25, 0.3) is 0 Å². The zero-order chi connectivity index (χ0) is 20.3. The summed E-state index contributed by atoms with van der Waals surface area (Å²) in [6, 6.07) is 10.9. The van der Waals surface area contributed by atoms with E-state index in [0.717, 1.165) is 70.7 Å². The molecule has 2 heterocycles. The number of aliphatic imine (C=N–C) groups is 1. The zero-order valence-electron chi connectivity index (χ0n) is 18.1. The first-order chi connectivity index (χ1) is 14.3. The quantitative estimate of drug-likeness (QED) is 0.299. The fourth-order valence-corrected chi connectivity index (χ4v) is 3.48. The Morgan fingerprint density at radius 2 is 1.97 bits per heavy atom. The third kappa shape index (κ3) is 7.88. The van der Waals surface area contributed by atoms with Gasteiger partial charge in [-0.1, -0.05) is 30.3 Å². The first kappa shape index (κ1) is 24.6. The van der Waals surface area contributed by atoms with Crippen LogP contribution in [0.15, 0.2) is 47.7 Å². The van der Waals surface area contributed by atoms with E-state index in [-0.39, 0.29) is 24.0 Å². The van der Waals surface area contributed by atoms with Crippen molar-refractivity contribution in [3.63, 3.8) is 0 Å². The molecule has 8 heteroatoms. The highest BCUT2D eigenvalue weighted by molar-refractivity contribution is 14.0. The standard InChI is InChI=1S/C22H34N6O.HI/c1-3-23-22(26-17-19(2)27-13-15-29-16-14-27)25-10-9-21-24-11-12-28(21)18-20-7-5-4-6-8-20;/h4-8,11-12,19H,3,9-10,13-18H2,1-2H3,(H2,23,25,26);1H. The summed E-state index contributed by atoms with van der Waals surface area (Å²) < 4.78 is 7.65. The number of hydrogen-bond donors (Lipinski definition) is 2. The molecular weight excluding hydrogens is 491 g/mol. The molecule has 2 N–H and O–H groups in total. The second kappa shape index (κ2) is 13.6. The van der Waals surface area contributed by atoms with Crippen LogP contribution in [0.1, 0.15) is 25.2 Å². The minimum absolute atomic E-state index is 0. The Kier molecular flexibility index (Phi) is 11.2. The van der Waals surface area contributed by atoms with E-state index >= 15 is 0 Å². The minimum Gasteiger partial charge on any atom is -0.379 e. The number of nitrogens with zero attached hydrogens (tertiary/aromatic N) is 4. The molecular formula is C22H35IN6O. The number of aromatic nitrogens is 2. The Morgan fingerprint density at radius 3 is 2.70 bits per heavy atom. The Bertz CT molecular complexity index is 745. The molecule has 0 aliphatic carbocycles. The minimum atomic E-state index is 0. The molecule has 1 atom stereocenters. The third-order valence-electron chi connectivity index (χ3n) is 5.17. The van der Waals surface area contributed by atoms with Crippen molar-refractivity contribution in [1.82, 2.24) is 25.1 Å². The van der Waals surface area contributed by atoms with Gasteiger partial charge in [0.2, 0.25) is 0 Å². The van der Waals surface area contributed by atoms with Crippen LogP contribution in [0.4, 0.5) is 0 Å². The highest BCUT2D eigenvalue weighted by Crippen LogP contribution is 2.06. The summed E-state index contributed by atoms with van der Waals surface area (Å²) in [5, 5.41) is 6.79. The Labute approximate surface area is 197 Å². The molecule has 0 amide bonds. The molecule has 1 aliphatic heterocycles. The van der Waals surface area contributed by atoms with Crippen LogP contribution < -0.4 is 10.6 Å². The van der Waals surface area contributed by atoms with E-state index in [4.69, 9.17) is 9.73 Å². The topological polar surface area (TPSA) is 66.7 Å². The molecule has 1 saturated heterocycles. The van der Waals surface area contributed by atoms with Gasteiger partial charge in [0.1, 0.15) is 5.82 Å². The number of benzene rings is 1. The van der Waals surface area contributed by atoms with E-state index in [1.54, 1.807) is 0 Å². The molecule has 2 aromatic rings. The van der Waals surface area contributed by atoms with Crippen molar-refractivity contribution < 1.29 is 4.74 Å². The molecule has 3 rings (SSSR count). The molecule has 1 unspecified atom stereocenters. The van der Waals surface area contributed by atoms with Crippen LogP contribution in [-0.2, 0) is 17.7 Å². The lowest BCUT2D eigenvalue weighted by molar-refractivity contribution is 0.0220. The fourth-order valence-electron chi connectivity index (χ4n) is 3.48. The van der Waals surface area contributed by atoms with Crippen LogP contribution in [0.3, 0.4) is 0 Å². The lowest BCUT2D eigenvalue weighted by atomic mass is 10.2. The third-order valence-corrected chi connectivity index (χ3v) is 5.17. The number of morpholine rings is 1. The van der Waals surface area contributed by atoms with Crippen molar-refractivity contribution in [2.75, 3.05) is 45.9 Å². The van der Waals surface area contributed by atoms with Gasteiger partial charge in [-0.05, 0) is 19.4 Å².